The maximum Gasteiger partial charge on any atom is 0.0163 e. The Morgan fingerprint density at radius 3 is 2.00 bits per heavy atom. The van der Waals surface area contributed by atoms with Gasteiger partial charge < -0.3 is 5.32 Å². The standard InChI is InChI=1S/C8H17N/c1-7(2)6-9-8(3,4)5/h9H,1,6H2,2-5H3. The summed E-state index contributed by atoms with van der Waals surface area (Å²) in [5, 5.41) is 3.32. The van der Waals surface area contributed by atoms with Crippen molar-refractivity contribution in [1.82, 2.24) is 5.32 Å². The Morgan fingerprint density at radius 1 is 1.44 bits per heavy atom. The van der Waals surface area contributed by atoms with Crippen molar-refractivity contribution in [3.05, 3.63) is 12.2 Å². The van der Waals surface area contributed by atoms with Gasteiger partial charge in [-0.1, -0.05) is 12.2 Å². The Hall–Kier alpha value is -0.300. The van der Waals surface area contributed by atoms with Crippen molar-refractivity contribution in [1.29, 1.82) is 0 Å². The van der Waals surface area contributed by atoms with E-state index in [1.54, 1.807) is 0 Å². The fourth-order valence-electron chi connectivity index (χ4n) is 0.416. The van der Waals surface area contributed by atoms with E-state index in [4.69, 9.17) is 0 Å². The van der Waals surface area contributed by atoms with Crippen LogP contribution in [0.1, 0.15) is 27.7 Å². The van der Waals surface area contributed by atoms with Gasteiger partial charge in [-0.2, -0.15) is 0 Å². The van der Waals surface area contributed by atoms with Crippen LogP contribution >= 0.6 is 0 Å². The van der Waals surface area contributed by atoms with Gasteiger partial charge in [0.05, 0.1) is 0 Å². The number of hydrogen-bond donors (Lipinski definition) is 1. The van der Waals surface area contributed by atoms with Gasteiger partial charge in [0.25, 0.3) is 0 Å². The predicted molar refractivity (Wildman–Crippen MR) is 42.6 cm³/mol. The van der Waals surface area contributed by atoms with E-state index in [1.165, 1.54) is 5.57 Å². The lowest BCUT2D eigenvalue weighted by atomic mass is 10.1. The summed E-state index contributed by atoms with van der Waals surface area (Å²) in [6.07, 6.45) is 0. The second kappa shape index (κ2) is 3.02. The third-order valence-corrected chi connectivity index (χ3v) is 0.920. The van der Waals surface area contributed by atoms with Gasteiger partial charge in [0.15, 0.2) is 0 Å². The molecule has 0 heterocycles. The number of hydrogen-bond acceptors (Lipinski definition) is 1. The van der Waals surface area contributed by atoms with Crippen molar-refractivity contribution in [3.8, 4) is 0 Å². The van der Waals surface area contributed by atoms with Crippen molar-refractivity contribution in [2.24, 2.45) is 0 Å². The molecule has 1 nitrogen and oxygen atoms in total. The van der Waals surface area contributed by atoms with Gasteiger partial charge in [0.2, 0.25) is 0 Å². The molecule has 1 heteroatoms. The first-order chi connectivity index (χ1) is 3.92. The molecule has 0 aliphatic carbocycles. The molecule has 0 saturated heterocycles. The molecule has 0 bridgehead atoms. The highest BCUT2D eigenvalue weighted by Gasteiger charge is 2.06. The monoisotopic (exact) mass is 127 g/mol. The van der Waals surface area contributed by atoms with E-state index in [1.807, 2.05) is 6.92 Å². The second-order valence-electron chi connectivity index (χ2n) is 3.56. The Balaban J connectivity index is 3.39. The highest BCUT2D eigenvalue weighted by atomic mass is 14.9. The summed E-state index contributed by atoms with van der Waals surface area (Å²) in [5.74, 6) is 0. The fourth-order valence-corrected chi connectivity index (χ4v) is 0.416. The molecular formula is C8H17N. The Labute approximate surface area is 58.2 Å². The third kappa shape index (κ3) is 7.70. The maximum atomic E-state index is 3.80. The lowest BCUT2D eigenvalue weighted by Gasteiger charge is -2.20. The van der Waals surface area contributed by atoms with Gasteiger partial charge in [0, 0.05) is 12.1 Å². The molecule has 0 aliphatic rings. The quantitative estimate of drug-likeness (QED) is 0.559. The van der Waals surface area contributed by atoms with Gasteiger partial charge in [-0.05, 0) is 27.7 Å². The van der Waals surface area contributed by atoms with Gasteiger partial charge >= 0.3 is 0 Å². The van der Waals surface area contributed by atoms with Crippen molar-refractivity contribution < 1.29 is 0 Å². The molecule has 0 aliphatic heterocycles. The first-order valence-corrected chi connectivity index (χ1v) is 3.31. The van der Waals surface area contributed by atoms with E-state index in [0.717, 1.165) is 6.54 Å². The zero-order valence-electron chi connectivity index (χ0n) is 6.91. The average molecular weight is 127 g/mol. The minimum absolute atomic E-state index is 0.221. The summed E-state index contributed by atoms with van der Waals surface area (Å²) in [4.78, 5) is 0. The van der Waals surface area contributed by atoms with E-state index in [-0.39, 0.29) is 5.54 Å². The molecule has 0 aromatic carbocycles. The van der Waals surface area contributed by atoms with Crippen LogP contribution in [0.5, 0.6) is 0 Å². The van der Waals surface area contributed by atoms with Gasteiger partial charge in [-0.3, -0.25) is 0 Å². The van der Waals surface area contributed by atoms with E-state index in [9.17, 15) is 0 Å². The number of rotatable bonds is 2. The molecule has 0 aromatic heterocycles. The Morgan fingerprint density at radius 2 is 1.89 bits per heavy atom. The van der Waals surface area contributed by atoms with Gasteiger partial charge in [-0.25, -0.2) is 0 Å². The van der Waals surface area contributed by atoms with Crippen LogP contribution in [-0.4, -0.2) is 12.1 Å². The molecule has 1 N–H and O–H groups in total. The van der Waals surface area contributed by atoms with Crippen molar-refractivity contribution in [3.63, 3.8) is 0 Å². The SMILES string of the molecule is C=C(C)CNC(C)(C)C. The van der Waals surface area contributed by atoms with Crippen LogP contribution in [0.15, 0.2) is 12.2 Å². The van der Waals surface area contributed by atoms with E-state index < -0.39 is 0 Å². The minimum atomic E-state index is 0.221. The smallest absolute Gasteiger partial charge is 0.0163 e. The van der Waals surface area contributed by atoms with Crippen LogP contribution in [0.3, 0.4) is 0 Å². The molecule has 0 unspecified atom stereocenters. The molecule has 9 heavy (non-hydrogen) atoms. The summed E-state index contributed by atoms with van der Waals surface area (Å²) in [7, 11) is 0. The normalized spacial score (nSPS) is 11.6. The molecule has 0 radical (unpaired) electrons. The van der Waals surface area contributed by atoms with Crippen molar-refractivity contribution in [2.75, 3.05) is 6.54 Å². The lowest BCUT2D eigenvalue weighted by molar-refractivity contribution is 0.445. The number of nitrogens with one attached hydrogen (secondary N) is 1. The summed E-state index contributed by atoms with van der Waals surface area (Å²) in [6, 6.07) is 0. The van der Waals surface area contributed by atoms with E-state index in [0.29, 0.717) is 0 Å². The van der Waals surface area contributed by atoms with Crippen LogP contribution in [0, 0.1) is 0 Å². The van der Waals surface area contributed by atoms with Crippen LogP contribution < -0.4 is 5.32 Å². The first-order valence-electron chi connectivity index (χ1n) is 3.31. The van der Waals surface area contributed by atoms with Gasteiger partial charge in [0.1, 0.15) is 0 Å². The largest absolute Gasteiger partial charge is 0.308 e. The van der Waals surface area contributed by atoms with Crippen LogP contribution in [0.2, 0.25) is 0 Å². The third-order valence-electron chi connectivity index (χ3n) is 0.920. The van der Waals surface area contributed by atoms with E-state index in [2.05, 4.69) is 32.7 Å². The summed E-state index contributed by atoms with van der Waals surface area (Å²) in [5.41, 5.74) is 1.41. The highest BCUT2D eigenvalue weighted by Crippen LogP contribution is 1.98. The highest BCUT2D eigenvalue weighted by molar-refractivity contribution is 4.92. The van der Waals surface area contributed by atoms with Crippen LogP contribution in [0.25, 0.3) is 0 Å². The minimum Gasteiger partial charge on any atom is -0.308 e. The lowest BCUT2D eigenvalue weighted by Crippen LogP contribution is -2.36. The molecule has 0 saturated carbocycles. The second-order valence-corrected chi connectivity index (χ2v) is 3.56. The Kier molecular flexibility index (Phi) is 2.92. The molecule has 0 fully saturated rings. The van der Waals surface area contributed by atoms with Crippen LogP contribution in [-0.2, 0) is 0 Å². The zero-order valence-corrected chi connectivity index (χ0v) is 6.91. The van der Waals surface area contributed by atoms with Crippen molar-refractivity contribution in [2.45, 2.75) is 33.2 Å². The van der Waals surface area contributed by atoms with E-state index >= 15 is 0 Å². The molecule has 0 amide bonds. The molecule has 0 atom stereocenters. The van der Waals surface area contributed by atoms with Gasteiger partial charge in [-0.15, -0.1) is 0 Å². The fraction of sp³-hybridized carbons (Fsp3) is 0.750. The summed E-state index contributed by atoms with van der Waals surface area (Å²) in [6.45, 7) is 13.2. The molecule has 54 valence electrons. The zero-order chi connectivity index (χ0) is 7.49. The molecule has 0 rings (SSSR count). The summed E-state index contributed by atoms with van der Waals surface area (Å²) >= 11 is 0. The Bertz CT molecular complexity index is 97.6. The van der Waals surface area contributed by atoms with Crippen LogP contribution in [0.4, 0.5) is 0 Å². The first kappa shape index (κ1) is 8.70. The predicted octanol–water partition coefficient (Wildman–Crippen LogP) is 1.95. The maximum absolute atomic E-state index is 3.80. The molecule has 0 aromatic rings. The average Bonchev–Trinajstić information content (AvgIpc) is 1.59. The summed E-state index contributed by atoms with van der Waals surface area (Å²) < 4.78 is 0. The molecule has 0 spiro atoms. The van der Waals surface area contributed by atoms with Crippen molar-refractivity contribution >= 4 is 0 Å². The topological polar surface area (TPSA) is 12.0 Å². The molecular weight excluding hydrogens is 110 g/mol.